The Bertz CT molecular complexity index is 732. The molecule has 2 saturated heterocycles. The Hall–Kier alpha value is 0.520. The zero-order valence-corrected chi connectivity index (χ0v) is 15.2. The van der Waals surface area contributed by atoms with Gasteiger partial charge in [-0.15, -0.1) is 0 Å². The van der Waals surface area contributed by atoms with E-state index in [4.69, 9.17) is 19.6 Å². The Morgan fingerprint density at radius 2 is 1.42 bits per heavy atom. The summed E-state index contributed by atoms with van der Waals surface area (Å²) in [4.78, 5) is 74.0. The van der Waals surface area contributed by atoms with Crippen molar-refractivity contribution in [3.8, 4) is 0 Å². The lowest BCUT2D eigenvalue weighted by Gasteiger charge is -2.22. The predicted molar refractivity (Wildman–Crippen MR) is 77.0 cm³/mol. The second-order valence-corrected chi connectivity index (χ2v) is 12.7. The molecule has 0 aromatic heterocycles. The topological polar surface area (TPSA) is 255 Å². The number of hydrogen-bond donors (Lipinski definition) is 9. The van der Waals surface area contributed by atoms with Crippen molar-refractivity contribution < 1.29 is 57.4 Å². The summed E-state index contributed by atoms with van der Waals surface area (Å²) in [5, 5.41) is -0.251. The van der Waals surface area contributed by atoms with Gasteiger partial charge in [0.05, 0.1) is 12.3 Å². The molecule has 4 atom stereocenters. The van der Waals surface area contributed by atoms with Crippen LogP contribution >= 0.6 is 30.4 Å². The first-order valence-corrected chi connectivity index (χ1v) is 13.0. The molecule has 0 aromatic rings. The SMILES string of the molecule is O=P(O)(O)CC(N1CC12NC2(CP(=O)(O)O)P(=O)(O)O)P(=O)(O)O. The largest absolute Gasteiger partial charge is 0.349 e. The van der Waals surface area contributed by atoms with E-state index in [-0.39, 0.29) is 0 Å². The van der Waals surface area contributed by atoms with Crippen molar-refractivity contribution in [2.24, 2.45) is 0 Å². The Morgan fingerprint density at radius 1 is 0.917 bits per heavy atom. The van der Waals surface area contributed by atoms with E-state index in [0.717, 1.165) is 0 Å². The molecular formula is C6H16N2O12P4. The van der Waals surface area contributed by atoms with Crippen LogP contribution in [-0.2, 0) is 18.3 Å². The van der Waals surface area contributed by atoms with Crippen molar-refractivity contribution in [3.63, 3.8) is 0 Å². The quantitative estimate of drug-likeness (QED) is 0.147. The zero-order valence-electron chi connectivity index (χ0n) is 11.6. The number of hydrogen-bond acceptors (Lipinski definition) is 6. The Morgan fingerprint density at radius 3 is 1.75 bits per heavy atom. The van der Waals surface area contributed by atoms with Gasteiger partial charge in [0.1, 0.15) is 11.4 Å². The summed E-state index contributed by atoms with van der Waals surface area (Å²) in [5.41, 5.74) is -1.84. The third kappa shape index (κ3) is 3.78. The monoisotopic (exact) mass is 432 g/mol. The third-order valence-corrected chi connectivity index (χ3v) is 9.02. The standard InChI is InChI=1S/C6H16N2O12P4/c9-21(10,11)1-4(23(15,16)17)8-2-5(8)6(7-5,24(18,19)20)3-22(12,13)14/h4,7H,1-3H2,(H2,9,10,11)(H2,12,13,14)(H2,15,16,17)(H2,18,19,20). The minimum atomic E-state index is -5.19. The lowest BCUT2D eigenvalue weighted by Crippen LogP contribution is -2.31. The van der Waals surface area contributed by atoms with E-state index >= 15 is 0 Å². The van der Waals surface area contributed by atoms with Crippen molar-refractivity contribution >= 4 is 30.4 Å². The first-order valence-electron chi connectivity index (χ1n) is 6.11. The fraction of sp³-hybridized carbons (Fsp3) is 1.00. The second kappa shape index (κ2) is 5.51. The fourth-order valence-electron chi connectivity index (χ4n) is 2.83. The van der Waals surface area contributed by atoms with Gasteiger partial charge in [0, 0.05) is 6.54 Å². The molecule has 24 heavy (non-hydrogen) atoms. The van der Waals surface area contributed by atoms with Gasteiger partial charge in [0.2, 0.25) is 0 Å². The molecule has 2 aliphatic rings. The molecule has 4 unspecified atom stereocenters. The highest BCUT2D eigenvalue weighted by atomic mass is 31.2. The maximum atomic E-state index is 11.7. The second-order valence-electron chi connectivity index (χ2n) is 5.76. The van der Waals surface area contributed by atoms with Crippen LogP contribution in [-0.4, -0.2) is 79.6 Å². The molecular weight excluding hydrogens is 416 g/mol. The van der Waals surface area contributed by atoms with Crippen molar-refractivity contribution in [2.75, 3.05) is 18.9 Å². The molecule has 0 aliphatic carbocycles. The minimum absolute atomic E-state index is 0.451. The van der Waals surface area contributed by atoms with E-state index in [9.17, 15) is 37.8 Å². The summed E-state index contributed by atoms with van der Waals surface area (Å²) in [6.07, 6.45) is -2.58. The Labute approximate surface area is 134 Å². The van der Waals surface area contributed by atoms with Crippen LogP contribution in [0.15, 0.2) is 0 Å². The lowest BCUT2D eigenvalue weighted by atomic mass is 10.3. The van der Waals surface area contributed by atoms with Crippen molar-refractivity contribution in [3.05, 3.63) is 0 Å². The molecule has 0 aromatic carbocycles. The average molecular weight is 432 g/mol. The lowest BCUT2D eigenvalue weighted by molar-refractivity contribution is 0.301. The highest BCUT2D eigenvalue weighted by molar-refractivity contribution is 7.58. The molecule has 1 spiro atoms. The summed E-state index contributed by atoms with van der Waals surface area (Å²) in [7, 11) is -20.1. The normalized spacial score (nSPS) is 35.1. The summed E-state index contributed by atoms with van der Waals surface area (Å²) < 4.78 is 45.4. The van der Waals surface area contributed by atoms with Crippen LogP contribution in [0.5, 0.6) is 0 Å². The summed E-state index contributed by atoms with van der Waals surface area (Å²) >= 11 is 0. The molecule has 18 heteroatoms. The van der Waals surface area contributed by atoms with Gasteiger partial charge in [-0.1, -0.05) is 0 Å². The van der Waals surface area contributed by atoms with Crippen LogP contribution in [0.4, 0.5) is 0 Å². The maximum absolute atomic E-state index is 11.7. The van der Waals surface area contributed by atoms with Gasteiger partial charge in [0.25, 0.3) is 0 Å². The first kappa shape index (κ1) is 20.8. The van der Waals surface area contributed by atoms with Gasteiger partial charge in [-0.05, 0) is 0 Å². The molecule has 0 saturated carbocycles. The van der Waals surface area contributed by atoms with Crippen molar-refractivity contribution in [1.82, 2.24) is 10.2 Å². The van der Waals surface area contributed by atoms with Crippen LogP contribution in [0.1, 0.15) is 0 Å². The van der Waals surface area contributed by atoms with E-state index < -0.39 is 66.0 Å². The van der Waals surface area contributed by atoms with E-state index in [1.165, 1.54) is 0 Å². The van der Waals surface area contributed by atoms with Gasteiger partial charge < -0.3 is 39.1 Å². The van der Waals surface area contributed by atoms with E-state index in [1.807, 2.05) is 0 Å². The highest BCUT2D eigenvalue weighted by Gasteiger charge is 2.89. The van der Waals surface area contributed by atoms with Crippen LogP contribution < -0.4 is 5.32 Å². The molecule has 0 bridgehead atoms. The van der Waals surface area contributed by atoms with E-state index in [0.29, 0.717) is 4.90 Å². The van der Waals surface area contributed by atoms with Gasteiger partial charge in [-0.2, -0.15) is 0 Å². The average Bonchev–Trinajstić information content (AvgIpc) is 3.08. The minimum Gasteiger partial charge on any atom is -0.324 e. The summed E-state index contributed by atoms with van der Waals surface area (Å²) in [5.74, 6) is -2.06. The molecule has 2 rings (SSSR count). The maximum Gasteiger partial charge on any atom is 0.349 e. The van der Waals surface area contributed by atoms with Crippen LogP contribution in [0, 0.1) is 0 Å². The number of nitrogens with one attached hydrogen (secondary N) is 1. The molecule has 0 amide bonds. The van der Waals surface area contributed by atoms with Crippen molar-refractivity contribution in [1.29, 1.82) is 0 Å². The van der Waals surface area contributed by atoms with Crippen LogP contribution in [0.2, 0.25) is 0 Å². The van der Waals surface area contributed by atoms with Crippen molar-refractivity contribution in [2.45, 2.75) is 16.7 Å². The molecule has 2 fully saturated rings. The zero-order chi connectivity index (χ0) is 19.0. The predicted octanol–water partition coefficient (Wildman–Crippen LogP) is -2.67. The van der Waals surface area contributed by atoms with E-state index in [2.05, 4.69) is 5.32 Å². The first-order chi connectivity index (χ1) is 10.3. The summed E-state index contributed by atoms with van der Waals surface area (Å²) in [6, 6.07) is 0. The molecule has 2 heterocycles. The van der Waals surface area contributed by atoms with Crippen LogP contribution in [0.3, 0.4) is 0 Å². The van der Waals surface area contributed by atoms with Gasteiger partial charge in [-0.25, -0.2) is 0 Å². The molecule has 9 N–H and O–H groups in total. The Kier molecular flexibility index (Phi) is 4.78. The van der Waals surface area contributed by atoms with Gasteiger partial charge >= 0.3 is 30.4 Å². The highest BCUT2D eigenvalue weighted by Crippen LogP contribution is 2.74. The third-order valence-electron chi connectivity index (χ3n) is 3.90. The molecule has 0 radical (unpaired) electrons. The van der Waals surface area contributed by atoms with Crippen LogP contribution in [0.25, 0.3) is 0 Å². The Balaban J connectivity index is 2.35. The number of rotatable bonds is 7. The number of nitrogens with zero attached hydrogens (tertiary/aromatic N) is 1. The molecule has 2 aliphatic heterocycles. The van der Waals surface area contributed by atoms with E-state index in [1.54, 1.807) is 0 Å². The van der Waals surface area contributed by atoms with Gasteiger partial charge in [0.15, 0.2) is 5.28 Å². The molecule has 142 valence electrons. The fourth-order valence-corrected chi connectivity index (χ4v) is 8.83. The molecule has 14 nitrogen and oxygen atoms in total. The van der Waals surface area contributed by atoms with Gasteiger partial charge in [-0.3, -0.25) is 28.5 Å². The summed E-state index contributed by atoms with van der Waals surface area (Å²) in [6.45, 7) is -0.451. The smallest absolute Gasteiger partial charge is 0.324 e.